The Morgan fingerprint density at radius 1 is 1.12 bits per heavy atom. The van der Waals surface area contributed by atoms with Gasteiger partial charge in [0, 0.05) is 60.6 Å². The summed E-state index contributed by atoms with van der Waals surface area (Å²) in [5.41, 5.74) is 2.62. The summed E-state index contributed by atoms with van der Waals surface area (Å²) in [5, 5.41) is 4.28. The third-order valence-electron chi connectivity index (χ3n) is 9.25. The van der Waals surface area contributed by atoms with Crippen molar-refractivity contribution in [2.24, 2.45) is 11.8 Å². The highest BCUT2D eigenvalue weighted by atomic mass is 35.5. The molecule has 6 rings (SSSR count). The van der Waals surface area contributed by atoms with Crippen LogP contribution < -0.4 is 10.2 Å². The number of nitrogens with zero attached hydrogens (tertiary/aromatic N) is 4. The average molecular weight is 580 g/mol. The molecule has 1 aliphatic carbocycles. The molecule has 0 spiro atoms. The SMILES string of the molecule is CC(C)(C)OC(=O)N1CCC(CCN2CCN(c3cccc(C4(C5CC5)CNc5nccc(Cl)c54)c3)C(=O)C2)CC1. The molecule has 1 aromatic carbocycles. The number of fused-ring (bicyclic) bond motifs is 1. The van der Waals surface area contributed by atoms with Gasteiger partial charge < -0.3 is 19.9 Å². The number of hydrogen-bond donors (Lipinski definition) is 1. The first kappa shape index (κ1) is 28.3. The van der Waals surface area contributed by atoms with Crippen LogP contribution in [0.1, 0.15) is 64.0 Å². The lowest BCUT2D eigenvalue weighted by Crippen LogP contribution is -2.51. The predicted octanol–water partition coefficient (Wildman–Crippen LogP) is 5.54. The molecule has 1 aromatic heterocycles. The van der Waals surface area contributed by atoms with Gasteiger partial charge in [0.05, 0.1) is 6.54 Å². The molecule has 4 aliphatic rings. The number of piperidine rings is 1. The van der Waals surface area contributed by atoms with E-state index in [4.69, 9.17) is 16.3 Å². The van der Waals surface area contributed by atoms with Crippen molar-refractivity contribution >= 4 is 35.1 Å². The zero-order chi connectivity index (χ0) is 28.8. The molecule has 3 aliphatic heterocycles. The van der Waals surface area contributed by atoms with Gasteiger partial charge in [0.25, 0.3) is 0 Å². The van der Waals surface area contributed by atoms with Gasteiger partial charge in [-0.25, -0.2) is 9.78 Å². The quantitative estimate of drug-likeness (QED) is 0.484. The van der Waals surface area contributed by atoms with Gasteiger partial charge in [0.1, 0.15) is 11.4 Å². The van der Waals surface area contributed by atoms with Gasteiger partial charge in [0.2, 0.25) is 5.91 Å². The standard InChI is InChI=1S/C32H42ClN5O3/c1-31(2,3)41-30(40)37-15-11-22(12-16-37)10-14-36-17-18-38(27(39)20-36)25-6-4-5-24(19-25)32(23-7-8-23)21-35-29-28(32)26(33)9-13-34-29/h4-6,9,13,19,22-23H,7-8,10-12,14-18,20-21H2,1-3H3,(H,34,35). The lowest BCUT2D eigenvalue weighted by molar-refractivity contribution is -0.121. The highest BCUT2D eigenvalue weighted by molar-refractivity contribution is 6.32. The number of aromatic nitrogens is 1. The molecule has 1 saturated carbocycles. The van der Waals surface area contributed by atoms with Gasteiger partial charge in [-0.15, -0.1) is 0 Å². The third kappa shape index (κ3) is 5.78. The summed E-state index contributed by atoms with van der Waals surface area (Å²) in [7, 11) is 0. The summed E-state index contributed by atoms with van der Waals surface area (Å²) in [6.45, 7) is 10.9. The summed E-state index contributed by atoms with van der Waals surface area (Å²) in [6, 6.07) is 10.4. The Bertz CT molecular complexity index is 1300. The van der Waals surface area contributed by atoms with Crippen LogP contribution in [0.25, 0.3) is 0 Å². The number of carbonyl (C=O) groups excluding carboxylic acids is 2. The van der Waals surface area contributed by atoms with E-state index in [9.17, 15) is 9.59 Å². The number of likely N-dealkylation sites (tertiary alicyclic amines) is 1. The van der Waals surface area contributed by atoms with E-state index >= 15 is 0 Å². The first-order valence-corrected chi connectivity index (χ1v) is 15.5. The van der Waals surface area contributed by atoms with E-state index in [1.807, 2.05) is 36.6 Å². The molecule has 4 heterocycles. The molecule has 1 atom stereocenters. The molecule has 9 heteroatoms. The molecule has 41 heavy (non-hydrogen) atoms. The number of benzene rings is 1. The fourth-order valence-electron chi connectivity index (χ4n) is 6.95. The van der Waals surface area contributed by atoms with Crippen LogP contribution in [0.4, 0.5) is 16.3 Å². The van der Waals surface area contributed by atoms with E-state index in [1.54, 1.807) is 6.20 Å². The van der Waals surface area contributed by atoms with Crippen molar-refractivity contribution in [1.82, 2.24) is 14.8 Å². The van der Waals surface area contributed by atoms with Crippen molar-refractivity contribution in [3.8, 4) is 0 Å². The number of piperazine rings is 1. The van der Waals surface area contributed by atoms with Crippen LogP contribution in [0.15, 0.2) is 36.5 Å². The average Bonchev–Trinajstić information content (AvgIpc) is 3.72. The monoisotopic (exact) mass is 579 g/mol. The first-order chi connectivity index (χ1) is 19.6. The second kappa shape index (κ2) is 11.1. The van der Waals surface area contributed by atoms with Crippen molar-refractivity contribution in [1.29, 1.82) is 0 Å². The minimum atomic E-state index is -0.465. The highest BCUT2D eigenvalue weighted by Gasteiger charge is 2.53. The van der Waals surface area contributed by atoms with E-state index in [0.717, 1.165) is 74.1 Å². The van der Waals surface area contributed by atoms with Gasteiger partial charge in [-0.2, -0.15) is 0 Å². The predicted molar refractivity (Wildman–Crippen MR) is 162 cm³/mol. The Morgan fingerprint density at radius 3 is 2.61 bits per heavy atom. The van der Waals surface area contributed by atoms with E-state index in [2.05, 4.69) is 39.5 Å². The zero-order valence-corrected chi connectivity index (χ0v) is 25.3. The number of anilines is 2. The summed E-state index contributed by atoms with van der Waals surface area (Å²) in [4.78, 5) is 36.4. The van der Waals surface area contributed by atoms with Crippen molar-refractivity contribution in [3.05, 3.63) is 52.7 Å². The summed E-state index contributed by atoms with van der Waals surface area (Å²) in [5.74, 6) is 2.13. The van der Waals surface area contributed by atoms with Gasteiger partial charge >= 0.3 is 6.09 Å². The van der Waals surface area contributed by atoms with E-state index in [-0.39, 0.29) is 17.4 Å². The van der Waals surface area contributed by atoms with Crippen LogP contribution >= 0.6 is 11.6 Å². The number of ether oxygens (including phenoxy) is 1. The zero-order valence-electron chi connectivity index (χ0n) is 24.5. The molecular formula is C32H42ClN5O3. The van der Waals surface area contributed by atoms with Crippen LogP contribution in [0.5, 0.6) is 0 Å². The van der Waals surface area contributed by atoms with Crippen molar-refractivity contribution in [2.75, 3.05) is 56.0 Å². The van der Waals surface area contributed by atoms with Crippen LogP contribution in [0, 0.1) is 11.8 Å². The topological polar surface area (TPSA) is 78.0 Å². The van der Waals surface area contributed by atoms with Crippen LogP contribution in [-0.4, -0.2) is 78.2 Å². The summed E-state index contributed by atoms with van der Waals surface area (Å²) >= 11 is 6.76. The van der Waals surface area contributed by atoms with Crippen LogP contribution in [0.3, 0.4) is 0 Å². The smallest absolute Gasteiger partial charge is 0.410 e. The largest absolute Gasteiger partial charge is 0.444 e. The molecule has 0 bridgehead atoms. The molecular weight excluding hydrogens is 538 g/mol. The van der Waals surface area contributed by atoms with E-state index in [0.29, 0.717) is 24.9 Å². The van der Waals surface area contributed by atoms with Crippen molar-refractivity contribution < 1.29 is 14.3 Å². The molecule has 8 nitrogen and oxygen atoms in total. The van der Waals surface area contributed by atoms with Gasteiger partial charge in [-0.1, -0.05) is 23.7 Å². The minimum absolute atomic E-state index is 0.151. The van der Waals surface area contributed by atoms with Gasteiger partial charge in [0.15, 0.2) is 0 Å². The molecule has 1 N–H and O–H groups in total. The Labute approximate surface area is 248 Å². The van der Waals surface area contributed by atoms with Crippen LogP contribution in [-0.2, 0) is 14.9 Å². The maximum atomic E-state index is 13.4. The molecule has 220 valence electrons. The first-order valence-electron chi connectivity index (χ1n) is 15.1. The molecule has 0 radical (unpaired) electrons. The number of carbonyl (C=O) groups is 2. The van der Waals surface area contributed by atoms with E-state index < -0.39 is 5.60 Å². The van der Waals surface area contributed by atoms with Gasteiger partial charge in [-0.05, 0) is 95.0 Å². The number of halogens is 1. The summed E-state index contributed by atoms with van der Waals surface area (Å²) in [6.07, 6.45) is 6.93. The van der Waals surface area contributed by atoms with E-state index in [1.165, 1.54) is 18.4 Å². The second-order valence-corrected chi connectivity index (χ2v) is 13.6. The molecule has 1 unspecified atom stereocenters. The maximum absolute atomic E-state index is 13.4. The fourth-order valence-corrected chi connectivity index (χ4v) is 7.26. The molecule has 3 fully saturated rings. The number of hydrogen-bond acceptors (Lipinski definition) is 6. The molecule has 2 amide bonds. The normalized spacial score (nSPS) is 23.9. The Morgan fingerprint density at radius 2 is 1.90 bits per heavy atom. The van der Waals surface area contributed by atoms with Gasteiger partial charge in [-0.3, -0.25) is 9.69 Å². The Hall–Kier alpha value is -2.84. The number of nitrogens with one attached hydrogen (secondary N) is 1. The minimum Gasteiger partial charge on any atom is -0.444 e. The second-order valence-electron chi connectivity index (χ2n) is 13.2. The van der Waals surface area contributed by atoms with Crippen molar-refractivity contribution in [2.45, 2.75) is 63.9 Å². The lowest BCUT2D eigenvalue weighted by Gasteiger charge is -2.37. The number of rotatable bonds is 6. The molecule has 2 saturated heterocycles. The summed E-state index contributed by atoms with van der Waals surface area (Å²) < 4.78 is 5.53. The van der Waals surface area contributed by atoms with Crippen molar-refractivity contribution in [3.63, 3.8) is 0 Å². The Kier molecular flexibility index (Phi) is 7.66. The van der Waals surface area contributed by atoms with Crippen LogP contribution in [0.2, 0.25) is 5.02 Å². The lowest BCUT2D eigenvalue weighted by atomic mass is 9.72. The fraction of sp³-hybridized carbons (Fsp3) is 0.594. The molecule has 2 aromatic rings. The number of amides is 2. The Balaban J connectivity index is 1.06. The third-order valence-corrected chi connectivity index (χ3v) is 9.56. The highest BCUT2D eigenvalue weighted by Crippen LogP contribution is 2.57. The number of pyridine rings is 1. The maximum Gasteiger partial charge on any atom is 0.410 e.